The van der Waals surface area contributed by atoms with Gasteiger partial charge in [-0.1, -0.05) is 36.4 Å². The smallest absolute Gasteiger partial charge is 0.416 e. The number of hydrogen-bond acceptors (Lipinski definition) is 6. The number of anilines is 1. The van der Waals surface area contributed by atoms with E-state index >= 15 is 0 Å². The monoisotopic (exact) mass is 715 g/mol. The molecule has 1 aliphatic rings. The Morgan fingerprint density at radius 2 is 1.68 bits per heavy atom. The molecule has 1 saturated heterocycles. The van der Waals surface area contributed by atoms with Crippen molar-refractivity contribution in [1.29, 1.82) is 0 Å². The van der Waals surface area contributed by atoms with Crippen molar-refractivity contribution in [3.63, 3.8) is 0 Å². The van der Waals surface area contributed by atoms with E-state index in [1.165, 1.54) is 6.92 Å². The summed E-state index contributed by atoms with van der Waals surface area (Å²) in [5.74, 6) is -1.65. The van der Waals surface area contributed by atoms with E-state index in [1.54, 1.807) is 35.2 Å². The van der Waals surface area contributed by atoms with E-state index in [0.29, 0.717) is 31.7 Å². The molecule has 1 radical (unpaired) electrons. The standard InChI is InChI=1S/C28H32F4N5O5S.Y/c1-19-25(35-14-12-33-13-15-35)26(38)37(18-24(20-7-3-2-4-8-20)34-11-6-16-43(40,41)42)27(39)36(19)17-21-22(28(30,31)32)9-5-10-23(21)29;/h2-5,7-10,24,34H,6,11-18H2,1H3,(H,40,41,42);/q-1;/t24-;/m0./s1. The Hall–Kier alpha value is -2.43. The number of nitrogens with zero attached hydrogens (tertiary/aromatic N) is 4. The van der Waals surface area contributed by atoms with Crippen molar-refractivity contribution in [2.45, 2.75) is 38.7 Å². The van der Waals surface area contributed by atoms with Gasteiger partial charge in [0.15, 0.2) is 0 Å². The van der Waals surface area contributed by atoms with E-state index in [4.69, 9.17) is 4.55 Å². The maximum Gasteiger partial charge on any atom is 0.416 e. The third-order valence-electron chi connectivity index (χ3n) is 7.31. The van der Waals surface area contributed by atoms with Gasteiger partial charge in [-0.3, -0.25) is 18.5 Å². The van der Waals surface area contributed by atoms with Gasteiger partial charge in [0.05, 0.1) is 30.4 Å². The summed E-state index contributed by atoms with van der Waals surface area (Å²) in [4.78, 5) is 29.5. The van der Waals surface area contributed by atoms with Crippen LogP contribution in [-0.4, -0.2) is 60.6 Å². The van der Waals surface area contributed by atoms with Crippen LogP contribution >= 0.6 is 0 Å². The van der Waals surface area contributed by atoms with Gasteiger partial charge in [-0.25, -0.2) is 9.18 Å². The Morgan fingerprint density at radius 1 is 1.02 bits per heavy atom. The number of aromatic nitrogens is 2. The van der Waals surface area contributed by atoms with Crippen molar-refractivity contribution in [3.05, 3.63) is 103 Å². The van der Waals surface area contributed by atoms with Gasteiger partial charge in [-0.2, -0.15) is 21.6 Å². The van der Waals surface area contributed by atoms with Crippen molar-refractivity contribution in [2.75, 3.05) is 43.4 Å². The van der Waals surface area contributed by atoms with Gasteiger partial charge in [0.1, 0.15) is 11.5 Å². The molecule has 0 unspecified atom stereocenters. The summed E-state index contributed by atoms with van der Waals surface area (Å²) in [6.07, 6.45) is -4.85. The topological polar surface area (TPSA) is 128 Å². The predicted molar refractivity (Wildman–Crippen MR) is 154 cm³/mol. The zero-order valence-electron chi connectivity index (χ0n) is 23.9. The minimum Gasteiger partial charge on any atom is -0.659 e. The average molecular weight is 716 g/mol. The molecule has 2 heterocycles. The second kappa shape index (κ2) is 15.2. The number of halogens is 4. The number of hydrogen-bond donors (Lipinski definition) is 2. The first-order valence-corrected chi connectivity index (χ1v) is 15.2. The number of alkyl halides is 3. The maximum absolute atomic E-state index is 14.9. The number of nitrogens with one attached hydrogen (secondary N) is 1. The molecular weight excluding hydrogens is 683 g/mol. The number of rotatable bonds is 11. The van der Waals surface area contributed by atoms with E-state index in [1.807, 2.05) is 0 Å². The third kappa shape index (κ3) is 8.85. The molecule has 3 aromatic rings. The van der Waals surface area contributed by atoms with E-state index < -0.39 is 62.8 Å². The number of benzene rings is 2. The molecule has 1 aliphatic heterocycles. The van der Waals surface area contributed by atoms with Crippen LogP contribution in [0.4, 0.5) is 23.2 Å². The molecular formula is C28H32F4N5O5SY-. The molecule has 1 fully saturated rings. The normalized spacial score (nSPS) is 14.7. The van der Waals surface area contributed by atoms with Gasteiger partial charge in [0, 0.05) is 44.0 Å². The SMILES string of the molecule is Cc1c(N2CC[N-]CC2)c(=O)n(C[C@H](NCCCS(=O)(=O)O)c2ccccc2)c(=O)n1Cc1c(F)cccc1C(F)(F)F.[Y]. The van der Waals surface area contributed by atoms with Crippen LogP contribution in [0.5, 0.6) is 0 Å². The van der Waals surface area contributed by atoms with Gasteiger partial charge >= 0.3 is 11.9 Å². The molecule has 0 saturated carbocycles. The van der Waals surface area contributed by atoms with Gasteiger partial charge in [-0.05, 0) is 50.7 Å². The second-order valence-electron chi connectivity index (χ2n) is 10.2. The summed E-state index contributed by atoms with van der Waals surface area (Å²) in [5, 5.41) is 7.39. The van der Waals surface area contributed by atoms with Crippen LogP contribution in [0.2, 0.25) is 0 Å². The molecule has 0 spiro atoms. The summed E-state index contributed by atoms with van der Waals surface area (Å²) in [6.45, 7) is 2.02. The molecule has 0 amide bonds. The quantitative estimate of drug-likeness (QED) is 0.177. The molecule has 44 heavy (non-hydrogen) atoms. The van der Waals surface area contributed by atoms with E-state index in [0.717, 1.165) is 27.3 Å². The van der Waals surface area contributed by atoms with Crippen LogP contribution in [0.3, 0.4) is 0 Å². The van der Waals surface area contributed by atoms with Crippen molar-refractivity contribution >= 4 is 15.8 Å². The summed E-state index contributed by atoms with van der Waals surface area (Å²) in [6, 6.07) is 10.6. The van der Waals surface area contributed by atoms with Crippen LogP contribution < -0.4 is 21.5 Å². The molecule has 1 atom stereocenters. The van der Waals surface area contributed by atoms with Crippen LogP contribution in [0.25, 0.3) is 5.32 Å². The fraction of sp³-hybridized carbons (Fsp3) is 0.429. The Kier molecular flexibility index (Phi) is 12.5. The minimum atomic E-state index is -4.88. The van der Waals surface area contributed by atoms with Gasteiger partial charge in [0.2, 0.25) is 0 Å². The van der Waals surface area contributed by atoms with Crippen molar-refractivity contribution < 1.29 is 63.2 Å². The first kappa shape index (κ1) is 36.0. The van der Waals surface area contributed by atoms with Crippen molar-refractivity contribution in [3.8, 4) is 0 Å². The first-order valence-electron chi connectivity index (χ1n) is 13.6. The molecule has 16 heteroatoms. The van der Waals surface area contributed by atoms with E-state index in [9.17, 15) is 35.6 Å². The molecule has 0 aliphatic carbocycles. The van der Waals surface area contributed by atoms with E-state index in [2.05, 4.69) is 10.6 Å². The van der Waals surface area contributed by atoms with E-state index in [-0.39, 0.29) is 63.6 Å². The van der Waals surface area contributed by atoms with Gasteiger partial charge in [-0.15, -0.1) is 13.1 Å². The molecule has 2 aromatic carbocycles. The molecule has 1 aromatic heterocycles. The first-order chi connectivity index (χ1) is 20.3. The average Bonchev–Trinajstić information content (AvgIpc) is 2.95. The largest absolute Gasteiger partial charge is 0.659 e. The zero-order valence-corrected chi connectivity index (χ0v) is 27.6. The fourth-order valence-electron chi connectivity index (χ4n) is 5.16. The van der Waals surface area contributed by atoms with Crippen LogP contribution in [-0.2, 0) is 62.1 Å². The zero-order chi connectivity index (χ0) is 31.4. The summed E-state index contributed by atoms with van der Waals surface area (Å²) in [5.41, 5.74) is -2.68. The molecule has 10 nitrogen and oxygen atoms in total. The van der Waals surface area contributed by atoms with Crippen LogP contribution in [0.1, 0.15) is 34.8 Å². The molecule has 237 valence electrons. The fourth-order valence-corrected chi connectivity index (χ4v) is 5.67. The van der Waals surface area contributed by atoms with Crippen LogP contribution in [0.15, 0.2) is 58.1 Å². The second-order valence-corrected chi connectivity index (χ2v) is 11.8. The number of piperazine rings is 1. The van der Waals surface area contributed by atoms with Gasteiger partial charge < -0.3 is 15.5 Å². The Bertz CT molecular complexity index is 1660. The van der Waals surface area contributed by atoms with Gasteiger partial charge in [0.25, 0.3) is 15.7 Å². The Morgan fingerprint density at radius 3 is 2.30 bits per heavy atom. The molecule has 0 bridgehead atoms. The predicted octanol–water partition coefficient (Wildman–Crippen LogP) is 3.32. The summed E-state index contributed by atoms with van der Waals surface area (Å²) in [7, 11) is -4.21. The minimum absolute atomic E-state index is 0. The molecule has 2 N–H and O–H groups in total. The summed E-state index contributed by atoms with van der Waals surface area (Å²) >= 11 is 0. The summed E-state index contributed by atoms with van der Waals surface area (Å²) < 4.78 is 89.7. The van der Waals surface area contributed by atoms with Crippen molar-refractivity contribution in [2.24, 2.45) is 0 Å². The molecule has 4 rings (SSSR count). The Balaban J connectivity index is 0.00000529. The maximum atomic E-state index is 14.9. The van der Waals surface area contributed by atoms with Crippen LogP contribution in [0, 0.1) is 12.7 Å². The van der Waals surface area contributed by atoms with Crippen molar-refractivity contribution in [1.82, 2.24) is 14.5 Å². The Labute approximate surface area is 277 Å². The third-order valence-corrected chi connectivity index (χ3v) is 8.11.